The number of benzene rings is 3. The minimum atomic E-state index is -3.15. The molecular weight excluding hydrogens is 453 g/mol. The Bertz CT molecular complexity index is 1120. The first-order valence-corrected chi connectivity index (χ1v) is 14.4. The average molecular weight is 490 g/mol. The Hall–Kier alpha value is -2.68. The molecule has 0 saturated heterocycles. The summed E-state index contributed by atoms with van der Waals surface area (Å²) in [6, 6.07) is 27.1. The van der Waals surface area contributed by atoms with Gasteiger partial charge < -0.3 is 4.74 Å². The number of hydrogen-bond acceptors (Lipinski definition) is 3. The predicted molar refractivity (Wildman–Crippen MR) is 144 cm³/mol. The molecule has 1 fully saturated rings. The van der Waals surface area contributed by atoms with Crippen molar-refractivity contribution >= 4 is 23.9 Å². The number of hydrogen-bond donors (Lipinski definition) is 1. The molecule has 0 amide bonds. The van der Waals surface area contributed by atoms with Crippen LogP contribution in [0.3, 0.4) is 0 Å². The fourth-order valence-corrected chi connectivity index (χ4v) is 8.18. The highest BCUT2D eigenvalue weighted by molar-refractivity contribution is 7.76. The molecule has 0 heterocycles. The van der Waals surface area contributed by atoms with E-state index in [1.807, 2.05) is 84.9 Å². The number of ether oxygens (including phenoxy) is 1. The largest absolute Gasteiger partial charge is 0.465 e. The van der Waals surface area contributed by atoms with Crippen molar-refractivity contribution in [3.63, 3.8) is 0 Å². The summed E-state index contributed by atoms with van der Waals surface area (Å²) >= 11 is 0. The molecule has 3 aromatic rings. The lowest BCUT2D eigenvalue weighted by molar-refractivity contribution is 0.0600. The number of carbonyl (C=O) groups is 1. The predicted octanol–water partition coefficient (Wildman–Crippen LogP) is 6.64. The molecule has 0 bridgehead atoms. The molecule has 4 rings (SSSR count). The van der Waals surface area contributed by atoms with Gasteiger partial charge in [-0.25, -0.2) is 4.79 Å². The second kappa shape index (κ2) is 10.9. The van der Waals surface area contributed by atoms with Gasteiger partial charge in [0.25, 0.3) is 0 Å². The van der Waals surface area contributed by atoms with Gasteiger partial charge in [0.15, 0.2) is 0 Å². The highest BCUT2D eigenvalue weighted by atomic mass is 31.2. The van der Waals surface area contributed by atoms with Crippen LogP contribution in [0.5, 0.6) is 0 Å². The molecule has 35 heavy (non-hydrogen) atoms. The van der Waals surface area contributed by atoms with Crippen LogP contribution >= 0.6 is 7.29 Å². The van der Waals surface area contributed by atoms with Gasteiger partial charge in [0, 0.05) is 16.7 Å². The summed E-state index contributed by atoms with van der Waals surface area (Å²) in [5.41, 5.74) is 1.63. The van der Waals surface area contributed by atoms with Crippen molar-refractivity contribution in [3.8, 4) is 0 Å². The number of methoxy groups -OCH3 is 1. The lowest BCUT2D eigenvalue weighted by atomic mass is 9.83. The number of esters is 1. The van der Waals surface area contributed by atoms with Crippen molar-refractivity contribution in [1.29, 1.82) is 0 Å². The van der Waals surface area contributed by atoms with Crippen LogP contribution in [0.1, 0.15) is 67.9 Å². The fraction of sp³-hybridized carbons (Fsp3) is 0.367. The van der Waals surface area contributed by atoms with E-state index in [9.17, 15) is 9.36 Å². The molecule has 1 aliphatic rings. The first kappa shape index (κ1) is 25.4. The van der Waals surface area contributed by atoms with Crippen molar-refractivity contribution in [1.82, 2.24) is 5.09 Å². The molecule has 0 radical (unpaired) electrons. The van der Waals surface area contributed by atoms with E-state index in [-0.39, 0.29) is 17.4 Å². The van der Waals surface area contributed by atoms with Gasteiger partial charge in [-0.3, -0.25) is 9.65 Å². The first-order valence-electron chi connectivity index (χ1n) is 12.7. The molecule has 2 unspecified atom stereocenters. The molecule has 3 atom stereocenters. The molecule has 5 heteroatoms. The molecule has 0 spiro atoms. The molecule has 1 aliphatic carbocycles. The van der Waals surface area contributed by atoms with E-state index in [1.54, 1.807) is 0 Å². The summed E-state index contributed by atoms with van der Waals surface area (Å²) in [5, 5.41) is 5.37. The van der Waals surface area contributed by atoms with Gasteiger partial charge in [0.2, 0.25) is 7.29 Å². The van der Waals surface area contributed by atoms with Crippen molar-refractivity contribution in [2.24, 2.45) is 11.3 Å². The minimum Gasteiger partial charge on any atom is -0.465 e. The normalized spacial score (nSPS) is 20.3. The summed E-state index contributed by atoms with van der Waals surface area (Å²) in [4.78, 5) is 12.1. The number of carbonyl (C=O) groups excluding carboxylic acids is 1. The maximum absolute atomic E-state index is 15.0. The van der Waals surface area contributed by atoms with Crippen LogP contribution < -0.4 is 15.7 Å². The Morgan fingerprint density at radius 3 is 2.00 bits per heavy atom. The van der Waals surface area contributed by atoms with Crippen LogP contribution in [-0.2, 0) is 9.30 Å². The molecule has 1 N–H and O–H groups in total. The van der Waals surface area contributed by atoms with Gasteiger partial charge in [0.1, 0.15) is 0 Å². The van der Waals surface area contributed by atoms with Crippen molar-refractivity contribution in [2.75, 3.05) is 7.11 Å². The van der Waals surface area contributed by atoms with Crippen LogP contribution in [0.2, 0.25) is 0 Å². The molecule has 0 aromatic heterocycles. The van der Waals surface area contributed by atoms with Crippen molar-refractivity contribution in [2.45, 2.75) is 52.0 Å². The average Bonchev–Trinajstić information content (AvgIpc) is 3.60. The third-order valence-corrected chi connectivity index (χ3v) is 10.1. The third kappa shape index (κ3) is 5.15. The van der Waals surface area contributed by atoms with Crippen LogP contribution in [0.4, 0.5) is 0 Å². The molecule has 184 valence electrons. The minimum absolute atomic E-state index is 0.0385. The SMILES string of the molecule is CCCC1C[C@@]1(CCC)C(NP(=O)(c1ccccc1)c1ccccc1)c1ccc(C(=O)OC)cc1. The summed E-state index contributed by atoms with van der Waals surface area (Å²) in [6.07, 6.45) is 5.56. The van der Waals surface area contributed by atoms with Crippen molar-refractivity contribution < 1.29 is 14.1 Å². The van der Waals surface area contributed by atoms with Gasteiger partial charge >= 0.3 is 5.97 Å². The van der Waals surface area contributed by atoms with E-state index < -0.39 is 7.29 Å². The fourth-order valence-electron chi connectivity index (χ4n) is 5.63. The monoisotopic (exact) mass is 489 g/mol. The summed E-state index contributed by atoms with van der Waals surface area (Å²) in [6.45, 7) is 4.47. The standard InChI is InChI=1S/C30H36NO3P/c1-4-12-25-22-30(25,21-5-2)28(23-17-19-24(20-18-23)29(32)34-3)31-35(33,26-13-8-6-9-14-26)27-15-10-7-11-16-27/h6-11,13-20,25,28H,4-5,12,21-22H2,1-3H3,(H,31,33)/t25?,28?,30-/m1/s1. The number of nitrogens with one attached hydrogen (secondary N) is 1. The van der Waals surface area contributed by atoms with E-state index in [1.165, 1.54) is 13.5 Å². The van der Waals surface area contributed by atoms with E-state index in [2.05, 4.69) is 18.9 Å². The Morgan fingerprint density at radius 2 is 1.51 bits per heavy atom. The summed E-state index contributed by atoms with van der Waals surface area (Å²) in [5.74, 6) is 0.240. The maximum Gasteiger partial charge on any atom is 0.337 e. The van der Waals surface area contributed by atoms with Gasteiger partial charge in [0.05, 0.1) is 12.7 Å². The van der Waals surface area contributed by atoms with E-state index in [4.69, 9.17) is 4.74 Å². The van der Waals surface area contributed by atoms with E-state index in [0.29, 0.717) is 11.5 Å². The molecular formula is C30H36NO3P. The van der Waals surface area contributed by atoms with Gasteiger partial charge in [-0.2, -0.15) is 0 Å². The Balaban J connectivity index is 1.82. The van der Waals surface area contributed by atoms with Gasteiger partial charge in [-0.15, -0.1) is 0 Å². The zero-order chi connectivity index (χ0) is 24.9. The zero-order valence-electron chi connectivity index (χ0n) is 20.9. The quantitative estimate of drug-likeness (QED) is 0.242. The summed E-state index contributed by atoms with van der Waals surface area (Å²) in [7, 11) is -1.75. The van der Waals surface area contributed by atoms with Crippen LogP contribution in [-0.4, -0.2) is 13.1 Å². The molecule has 3 aromatic carbocycles. The topological polar surface area (TPSA) is 55.4 Å². The van der Waals surface area contributed by atoms with Gasteiger partial charge in [-0.1, -0.05) is 81.6 Å². The third-order valence-electron chi connectivity index (χ3n) is 7.42. The molecule has 1 saturated carbocycles. The zero-order valence-corrected chi connectivity index (χ0v) is 21.8. The first-order chi connectivity index (χ1) is 17.0. The lowest BCUT2D eigenvalue weighted by Crippen LogP contribution is -2.36. The van der Waals surface area contributed by atoms with Crippen molar-refractivity contribution in [3.05, 3.63) is 96.1 Å². The van der Waals surface area contributed by atoms with E-state index >= 15 is 0 Å². The Kier molecular flexibility index (Phi) is 7.94. The summed E-state index contributed by atoms with van der Waals surface area (Å²) < 4.78 is 19.9. The van der Waals surface area contributed by atoms with E-state index in [0.717, 1.165) is 41.9 Å². The van der Waals surface area contributed by atoms with Crippen LogP contribution in [0.25, 0.3) is 0 Å². The number of rotatable bonds is 11. The van der Waals surface area contributed by atoms with Crippen LogP contribution in [0, 0.1) is 11.3 Å². The van der Waals surface area contributed by atoms with Crippen LogP contribution in [0.15, 0.2) is 84.9 Å². The maximum atomic E-state index is 15.0. The highest BCUT2D eigenvalue weighted by Gasteiger charge is 2.58. The lowest BCUT2D eigenvalue weighted by Gasteiger charge is -2.34. The molecule has 0 aliphatic heterocycles. The smallest absolute Gasteiger partial charge is 0.337 e. The Labute approximate surface area is 209 Å². The second-order valence-electron chi connectivity index (χ2n) is 9.63. The Morgan fingerprint density at radius 1 is 0.943 bits per heavy atom. The second-order valence-corrected chi connectivity index (χ2v) is 12.1. The highest BCUT2D eigenvalue weighted by Crippen LogP contribution is 2.66. The van der Waals surface area contributed by atoms with Gasteiger partial charge in [-0.05, 0) is 66.1 Å². The molecule has 4 nitrogen and oxygen atoms in total.